The molecule has 13 heteroatoms. The molecule has 0 radical (unpaired) electrons. The minimum atomic E-state index is -2.82. The minimum absolute atomic E-state index is 0.450. The van der Waals surface area contributed by atoms with E-state index in [0.717, 1.165) is 16.8 Å². The van der Waals surface area contributed by atoms with Gasteiger partial charge in [0, 0.05) is 18.3 Å². The summed E-state index contributed by atoms with van der Waals surface area (Å²) in [4.78, 5) is 60.9. The van der Waals surface area contributed by atoms with Crippen LogP contribution in [0.3, 0.4) is 0 Å². The second-order valence-corrected chi connectivity index (χ2v) is 8.37. The zero-order chi connectivity index (χ0) is 25.9. The van der Waals surface area contributed by atoms with E-state index in [0.29, 0.717) is 23.0 Å². The monoisotopic (exact) mass is 498 g/mol. The summed E-state index contributed by atoms with van der Waals surface area (Å²) in [6.45, 7) is 5.25. The standard InChI is InChI=1S/C22H27FN2O10/c1-5-13(6-2)19(28)31-10-22(23)17-16(33-21(30)34-17)18(35-22)24-8-7-14(26)25(20(24)29)11-32-15(27)9-12(3)4/h7-9,13,16-18H,5-6,10-11H2,1-4H3/t16-,17+,18-,22-/m1/s1. The number of carbonyl (C=O) groups is 3. The number of hydrogen-bond acceptors (Lipinski definition) is 10. The highest BCUT2D eigenvalue weighted by atomic mass is 19.2. The summed E-state index contributed by atoms with van der Waals surface area (Å²) in [5.74, 6) is -4.69. The van der Waals surface area contributed by atoms with Crippen LogP contribution in [0, 0.1) is 5.92 Å². The van der Waals surface area contributed by atoms with Gasteiger partial charge in [-0.25, -0.2) is 23.3 Å². The molecule has 0 spiro atoms. The number of rotatable bonds is 9. The number of ether oxygens (including phenoxy) is 5. The molecule has 35 heavy (non-hydrogen) atoms. The summed E-state index contributed by atoms with van der Waals surface area (Å²) in [6.07, 6.45) is -2.65. The van der Waals surface area contributed by atoms with Gasteiger partial charge in [-0.2, -0.15) is 0 Å². The Labute approximate surface area is 199 Å². The van der Waals surface area contributed by atoms with Gasteiger partial charge in [-0.15, -0.1) is 0 Å². The summed E-state index contributed by atoms with van der Waals surface area (Å²) in [5.41, 5.74) is -1.17. The van der Waals surface area contributed by atoms with Gasteiger partial charge in [-0.3, -0.25) is 14.2 Å². The van der Waals surface area contributed by atoms with Crippen molar-refractivity contribution in [2.45, 2.75) is 71.6 Å². The number of halogens is 1. The molecule has 1 aromatic rings. The molecule has 0 bridgehead atoms. The number of aromatic nitrogens is 2. The second-order valence-electron chi connectivity index (χ2n) is 8.37. The van der Waals surface area contributed by atoms with Crippen LogP contribution < -0.4 is 11.2 Å². The smallest absolute Gasteiger partial charge is 0.459 e. The van der Waals surface area contributed by atoms with E-state index in [1.54, 1.807) is 27.7 Å². The molecular formula is C22H27FN2O10. The molecular weight excluding hydrogens is 471 g/mol. The predicted octanol–water partition coefficient (Wildman–Crippen LogP) is 1.55. The third-order valence-electron chi connectivity index (χ3n) is 5.62. The molecule has 4 atom stereocenters. The second kappa shape index (κ2) is 10.4. The van der Waals surface area contributed by atoms with Crippen molar-refractivity contribution in [3.63, 3.8) is 0 Å². The molecule has 0 saturated carbocycles. The van der Waals surface area contributed by atoms with Crippen LogP contribution in [0.25, 0.3) is 0 Å². The molecule has 0 aromatic carbocycles. The lowest BCUT2D eigenvalue weighted by molar-refractivity contribution is -0.221. The van der Waals surface area contributed by atoms with E-state index >= 15 is 4.39 Å². The van der Waals surface area contributed by atoms with E-state index in [4.69, 9.17) is 23.7 Å². The van der Waals surface area contributed by atoms with E-state index in [-0.39, 0.29) is 0 Å². The Morgan fingerprint density at radius 3 is 2.49 bits per heavy atom. The Kier molecular flexibility index (Phi) is 7.78. The molecule has 0 aliphatic carbocycles. The average Bonchev–Trinajstić information content (AvgIpc) is 3.30. The van der Waals surface area contributed by atoms with Crippen LogP contribution in [0.15, 0.2) is 33.5 Å². The maximum Gasteiger partial charge on any atom is 0.509 e. The van der Waals surface area contributed by atoms with Crippen molar-refractivity contribution >= 4 is 18.1 Å². The van der Waals surface area contributed by atoms with Crippen molar-refractivity contribution in [2.24, 2.45) is 5.92 Å². The number of allylic oxidation sites excluding steroid dienone is 1. The Hall–Kier alpha value is -3.48. The molecule has 3 heterocycles. The van der Waals surface area contributed by atoms with Crippen molar-refractivity contribution < 1.29 is 42.5 Å². The Balaban J connectivity index is 1.86. The topological polar surface area (TPSA) is 141 Å². The van der Waals surface area contributed by atoms with Crippen molar-refractivity contribution in [3.8, 4) is 0 Å². The lowest BCUT2D eigenvalue weighted by Crippen LogP contribution is -2.43. The number of nitrogens with zero attached hydrogens (tertiary/aromatic N) is 2. The summed E-state index contributed by atoms with van der Waals surface area (Å²) < 4.78 is 42.5. The fourth-order valence-electron chi connectivity index (χ4n) is 3.74. The first-order valence-corrected chi connectivity index (χ1v) is 11.0. The van der Waals surface area contributed by atoms with Crippen LogP contribution in [0.4, 0.5) is 9.18 Å². The molecule has 2 saturated heterocycles. The van der Waals surface area contributed by atoms with Crippen LogP contribution in [0.2, 0.25) is 0 Å². The lowest BCUT2D eigenvalue weighted by Gasteiger charge is -2.24. The van der Waals surface area contributed by atoms with Crippen LogP contribution >= 0.6 is 0 Å². The highest BCUT2D eigenvalue weighted by Gasteiger charge is 2.65. The first-order chi connectivity index (χ1) is 16.5. The zero-order valence-corrected chi connectivity index (χ0v) is 19.7. The van der Waals surface area contributed by atoms with Crippen LogP contribution in [-0.2, 0) is 40.0 Å². The zero-order valence-electron chi connectivity index (χ0n) is 19.7. The maximum atomic E-state index is 15.8. The fourth-order valence-corrected chi connectivity index (χ4v) is 3.74. The number of hydrogen-bond donors (Lipinski definition) is 0. The van der Waals surface area contributed by atoms with Gasteiger partial charge in [0.05, 0.1) is 5.92 Å². The number of carbonyl (C=O) groups excluding carboxylic acids is 3. The summed E-state index contributed by atoms with van der Waals surface area (Å²) in [6, 6.07) is 0.970. The largest absolute Gasteiger partial charge is 0.509 e. The van der Waals surface area contributed by atoms with E-state index in [1.165, 1.54) is 6.08 Å². The highest BCUT2D eigenvalue weighted by Crippen LogP contribution is 2.44. The average molecular weight is 498 g/mol. The normalized spacial score (nSPS) is 25.0. The van der Waals surface area contributed by atoms with E-state index in [2.05, 4.69) is 0 Å². The van der Waals surface area contributed by atoms with Gasteiger partial charge in [0.15, 0.2) is 25.7 Å². The van der Waals surface area contributed by atoms with Gasteiger partial charge in [-0.1, -0.05) is 19.4 Å². The first-order valence-electron chi connectivity index (χ1n) is 11.0. The van der Waals surface area contributed by atoms with Gasteiger partial charge in [0.1, 0.15) is 0 Å². The van der Waals surface area contributed by atoms with E-state index in [9.17, 15) is 24.0 Å². The molecule has 0 amide bonds. The SMILES string of the molecule is CCC(CC)C(=O)OC[C@@]1(F)O[C@@H](n2ccc(=O)n(COC(=O)C=C(C)C)c2=O)[C@@H]2OC(=O)O[C@@H]21. The van der Waals surface area contributed by atoms with Crippen LogP contribution in [0.5, 0.6) is 0 Å². The summed E-state index contributed by atoms with van der Waals surface area (Å²) in [7, 11) is 0. The number of fused-ring (bicyclic) bond motifs is 1. The molecule has 0 N–H and O–H groups in total. The van der Waals surface area contributed by atoms with Crippen molar-refractivity contribution in [3.05, 3.63) is 44.8 Å². The van der Waals surface area contributed by atoms with Gasteiger partial charge in [0.25, 0.3) is 11.4 Å². The van der Waals surface area contributed by atoms with Gasteiger partial charge < -0.3 is 23.7 Å². The third-order valence-corrected chi connectivity index (χ3v) is 5.62. The third kappa shape index (κ3) is 5.45. The molecule has 12 nitrogen and oxygen atoms in total. The molecule has 0 unspecified atom stereocenters. The van der Waals surface area contributed by atoms with Crippen molar-refractivity contribution in [2.75, 3.05) is 6.61 Å². The molecule has 1 aromatic heterocycles. The molecule has 2 aliphatic rings. The minimum Gasteiger partial charge on any atom is -0.459 e. The van der Waals surface area contributed by atoms with Crippen LogP contribution in [-0.4, -0.2) is 51.9 Å². The molecule has 2 aliphatic heterocycles. The first kappa shape index (κ1) is 26.1. The van der Waals surface area contributed by atoms with E-state index in [1.807, 2.05) is 0 Å². The van der Waals surface area contributed by atoms with Gasteiger partial charge in [0.2, 0.25) is 6.10 Å². The Bertz CT molecular complexity index is 1130. The van der Waals surface area contributed by atoms with E-state index < -0.39 is 72.9 Å². The fraction of sp³-hybridized carbons (Fsp3) is 0.591. The number of alkyl halides is 1. The molecule has 192 valence electrons. The summed E-state index contributed by atoms with van der Waals surface area (Å²) >= 11 is 0. The maximum absolute atomic E-state index is 15.8. The highest BCUT2D eigenvalue weighted by molar-refractivity contribution is 5.82. The Morgan fingerprint density at radius 2 is 1.86 bits per heavy atom. The molecule has 3 rings (SSSR count). The Morgan fingerprint density at radius 1 is 1.17 bits per heavy atom. The van der Waals surface area contributed by atoms with Gasteiger partial charge >= 0.3 is 23.8 Å². The van der Waals surface area contributed by atoms with Gasteiger partial charge in [-0.05, 0) is 26.7 Å². The predicted molar refractivity (Wildman–Crippen MR) is 115 cm³/mol. The van der Waals surface area contributed by atoms with Crippen molar-refractivity contribution in [1.82, 2.24) is 9.13 Å². The quantitative estimate of drug-likeness (QED) is 0.280. The number of esters is 2. The lowest BCUT2D eigenvalue weighted by atomic mass is 10.0. The molecule has 2 fully saturated rings. The summed E-state index contributed by atoms with van der Waals surface area (Å²) in [5, 5.41) is 0. The van der Waals surface area contributed by atoms with Crippen molar-refractivity contribution in [1.29, 1.82) is 0 Å². The van der Waals surface area contributed by atoms with Crippen LogP contribution in [0.1, 0.15) is 46.8 Å².